The third-order valence-electron chi connectivity index (χ3n) is 2.04. The van der Waals surface area contributed by atoms with E-state index >= 15 is 0 Å². The van der Waals surface area contributed by atoms with Crippen LogP contribution < -0.4 is 0 Å². The third-order valence-corrected chi connectivity index (χ3v) is 2.04. The second-order valence-electron chi connectivity index (χ2n) is 2.67. The number of nitrogens with zero attached hydrogens (tertiary/aromatic N) is 1. The van der Waals surface area contributed by atoms with Gasteiger partial charge in [-0.2, -0.15) is 0 Å². The summed E-state index contributed by atoms with van der Waals surface area (Å²) in [5, 5.41) is 8.92. The van der Waals surface area contributed by atoms with Gasteiger partial charge in [0.2, 0.25) is 0 Å². The van der Waals surface area contributed by atoms with Crippen molar-refractivity contribution in [2.45, 2.75) is 19.4 Å². The van der Waals surface area contributed by atoms with Gasteiger partial charge in [0, 0.05) is 19.1 Å². The molecule has 0 spiro atoms. The highest BCUT2D eigenvalue weighted by molar-refractivity contribution is 4.97. The van der Waals surface area contributed by atoms with E-state index < -0.39 is 0 Å². The monoisotopic (exact) mass is 141 g/mol. The predicted molar refractivity (Wildman–Crippen MR) is 41.9 cm³/mol. The number of aliphatic hydroxyl groups is 1. The van der Waals surface area contributed by atoms with Crippen molar-refractivity contribution in [2.75, 3.05) is 19.7 Å². The quantitative estimate of drug-likeness (QED) is 0.583. The van der Waals surface area contributed by atoms with Gasteiger partial charge in [0.05, 0.1) is 6.61 Å². The van der Waals surface area contributed by atoms with Crippen molar-refractivity contribution in [2.24, 2.45) is 0 Å². The van der Waals surface area contributed by atoms with Crippen molar-refractivity contribution in [3.05, 3.63) is 12.2 Å². The lowest BCUT2D eigenvalue weighted by atomic mass is 10.2. The Kier molecular flexibility index (Phi) is 2.90. The molecule has 58 valence electrons. The Balaban J connectivity index is 2.31. The first kappa shape index (κ1) is 7.76. The lowest BCUT2D eigenvalue weighted by molar-refractivity contribution is 0.147. The van der Waals surface area contributed by atoms with Crippen LogP contribution in [-0.2, 0) is 0 Å². The molecule has 0 aromatic heterocycles. The summed E-state index contributed by atoms with van der Waals surface area (Å²) >= 11 is 0. The van der Waals surface area contributed by atoms with Crippen molar-refractivity contribution in [3.8, 4) is 0 Å². The molecule has 0 aromatic carbocycles. The van der Waals surface area contributed by atoms with Crippen molar-refractivity contribution in [1.82, 2.24) is 4.90 Å². The second-order valence-corrected chi connectivity index (χ2v) is 2.67. The number of rotatable bonds is 3. The van der Waals surface area contributed by atoms with Crippen LogP contribution in [0.4, 0.5) is 0 Å². The van der Waals surface area contributed by atoms with Crippen molar-refractivity contribution < 1.29 is 5.11 Å². The minimum atomic E-state index is 0.290. The Morgan fingerprint density at radius 1 is 1.50 bits per heavy atom. The van der Waals surface area contributed by atoms with Crippen molar-refractivity contribution in [1.29, 1.82) is 0 Å². The Morgan fingerprint density at radius 3 is 2.50 bits per heavy atom. The van der Waals surface area contributed by atoms with E-state index in [1.165, 1.54) is 0 Å². The van der Waals surface area contributed by atoms with E-state index in [2.05, 4.69) is 24.0 Å². The molecule has 10 heavy (non-hydrogen) atoms. The van der Waals surface area contributed by atoms with Crippen LogP contribution in [0.3, 0.4) is 0 Å². The molecule has 0 saturated heterocycles. The van der Waals surface area contributed by atoms with Gasteiger partial charge in [-0.15, -0.1) is 0 Å². The van der Waals surface area contributed by atoms with E-state index in [4.69, 9.17) is 5.11 Å². The second kappa shape index (κ2) is 3.74. The highest BCUT2D eigenvalue weighted by Gasteiger charge is 2.15. The zero-order chi connectivity index (χ0) is 7.40. The van der Waals surface area contributed by atoms with E-state index in [1.807, 2.05) is 0 Å². The maximum atomic E-state index is 8.92. The third kappa shape index (κ3) is 1.58. The summed E-state index contributed by atoms with van der Waals surface area (Å²) in [6, 6.07) is 0.370. The smallest absolute Gasteiger partial charge is 0.0587 e. The number of hydrogen-bond acceptors (Lipinski definition) is 2. The fraction of sp³-hybridized carbons (Fsp3) is 0.750. The summed E-state index contributed by atoms with van der Waals surface area (Å²) in [5.74, 6) is 0. The van der Waals surface area contributed by atoms with Crippen LogP contribution in [-0.4, -0.2) is 35.7 Å². The first-order valence-electron chi connectivity index (χ1n) is 3.88. The summed E-state index contributed by atoms with van der Waals surface area (Å²) in [7, 11) is 0. The average molecular weight is 141 g/mol. The highest BCUT2D eigenvalue weighted by Crippen LogP contribution is 2.07. The van der Waals surface area contributed by atoms with Crippen LogP contribution in [0.5, 0.6) is 0 Å². The van der Waals surface area contributed by atoms with Crippen LogP contribution in [0.1, 0.15) is 13.3 Å². The zero-order valence-corrected chi connectivity index (χ0v) is 6.45. The molecule has 1 aliphatic heterocycles. The molecule has 2 heteroatoms. The van der Waals surface area contributed by atoms with Crippen LogP contribution in [0.25, 0.3) is 0 Å². The Labute approximate surface area is 62.2 Å². The number of hydrogen-bond donors (Lipinski definition) is 1. The zero-order valence-electron chi connectivity index (χ0n) is 6.45. The van der Waals surface area contributed by atoms with Gasteiger partial charge in [0.1, 0.15) is 0 Å². The summed E-state index contributed by atoms with van der Waals surface area (Å²) in [5.41, 5.74) is 0. The fourth-order valence-electron chi connectivity index (χ4n) is 1.30. The number of aliphatic hydroxyl groups excluding tert-OH is 1. The largest absolute Gasteiger partial charge is 0.395 e. The van der Waals surface area contributed by atoms with Gasteiger partial charge < -0.3 is 5.11 Å². The molecule has 0 saturated carbocycles. The maximum Gasteiger partial charge on any atom is 0.0587 e. The fourth-order valence-corrected chi connectivity index (χ4v) is 1.30. The van der Waals surface area contributed by atoms with Gasteiger partial charge in [0.25, 0.3) is 0 Å². The van der Waals surface area contributed by atoms with Gasteiger partial charge in [-0.05, 0) is 6.42 Å². The molecule has 0 amide bonds. The Bertz CT molecular complexity index is 110. The molecule has 0 bridgehead atoms. The molecule has 1 heterocycles. The van der Waals surface area contributed by atoms with Crippen LogP contribution in [0, 0.1) is 0 Å². The predicted octanol–water partition coefficient (Wildman–Crippen LogP) is 0.629. The molecule has 1 aliphatic rings. The molecule has 1 atom stereocenters. The Morgan fingerprint density at radius 2 is 2.10 bits per heavy atom. The normalized spacial score (nSPS) is 21.8. The molecular weight excluding hydrogens is 126 g/mol. The van der Waals surface area contributed by atoms with Crippen molar-refractivity contribution >= 4 is 0 Å². The average Bonchev–Trinajstić information content (AvgIpc) is 2.43. The van der Waals surface area contributed by atoms with Gasteiger partial charge in [-0.25, -0.2) is 0 Å². The van der Waals surface area contributed by atoms with E-state index in [1.54, 1.807) is 0 Å². The minimum absolute atomic E-state index is 0.290. The molecular formula is C8H15NO. The lowest BCUT2D eigenvalue weighted by Gasteiger charge is -2.23. The first-order valence-corrected chi connectivity index (χ1v) is 3.88. The summed E-state index contributed by atoms with van der Waals surface area (Å²) < 4.78 is 0. The van der Waals surface area contributed by atoms with Crippen LogP contribution >= 0.6 is 0 Å². The molecule has 1 N–H and O–H groups in total. The van der Waals surface area contributed by atoms with Crippen LogP contribution in [0.2, 0.25) is 0 Å². The summed E-state index contributed by atoms with van der Waals surface area (Å²) in [4.78, 5) is 2.28. The van der Waals surface area contributed by atoms with Gasteiger partial charge in [-0.1, -0.05) is 19.1 Å². The highest BCUT2D eigenvalue weighted by atomic mass is 16.3. The standard InChI is InChI=1S/C8H15NO/c1-2-8(7-10)9-5-3-4-6-9/h3-4,8,10H,2,5-7H2,1H3/t8-/m1/s1. The van der Waals surface area contributed by atoms with Crippen LogP contribution in [0.15, 0.2) is 12.2 Å². The lowest BCUT2D eigenvalue weighted by Crippen LogP contribution is -2.35. The molecule has 0 aromatic rings. The minimum Gasteiger partial charge on any atom is -0.395 e. The molecule has 0 aliphatic carbocycles. The topological polar surface area (TPSA) is 23.5 Å². The molecule has 0 fully saturated rings. The summed E-state index contributed by atoms with van der Waals surface area (Å²) in [6.45, 7) is 4.43. The van der Waals surface area contributed by atoms with Crippen molar-refractivity contribution in [3.63, 3.8) is 0 Å². The Hall–Kier alpha value is -0.340. The van der Waals surface area contributed by atoms with Gasteiger partial charge in [0.15, 0.2) is 0 Å². The summed E-state index contributed by atoms with van der Waals surface area (Å²) in [6.07, 6.45) is 5.34. The molecule has 2 nitrogen and oxygen atoms in total. The molecule has 0 radical (unpaired) electrons. The van der Waals surface area contributed by atoms with Gasteiger partial charge >= 0.3 is 0 Å². The van der Waals surface area contributed by atoms with Gasteiger partial charge in [-0.3, -0.25) is 4.90 Å². The molecule has 0 unspecified atom stereocenters. The van der Waals surface area contributed by atoms with E-state index in [9.17, 15) is 0 Å². The maximum absolute atomic E-state index is 8.92. The van der Waals surface area contributed by atoms with E-state index in [-0.39, 0.29) is 6.61 Å². The SMILES string of the molecule is CC[C@H](CO)N1CC=CC1. The van der Waals surface area contributed by atoms with E-state index in [0.29, 0.717) is 6.04 Å². The first-order chi connectivity index (χ1) is 4.88. The van der Waals surface area contributed by atoms with E-state index in [0.717, 1.165) is 19.5 Å². The molecule has 1 rings (SSSR count).